The van der Waals surface area contributed by atoms with Crippen molar-refractivity contribution in [3.05, 3.63) is 17.7 Å². The molecule has 0 saturated heterocycles. The molecule has 0 aliphatic rings. The van der Waals surface area contributed by atoms with Crippen molar-refractivity contribution in [2.45, 2.75) is 4.90 Å². The molecule has 0 amide bonds. The topological polar surface area (TPSA) is 144 Å². The SMILES string of the molecule is Nc1ccc(S(=O)(=O)O)c([O-])c1C(=O)[O-].[Na+].[Na+]. The van der Waals surface area contributed by atoms with Gasteiger partial charge in [-0.3, -0.25) is 4.55 Å². The second-order valence-electron chi connectivity index (χ2n) is 2.62. The normalized spacial score (nSPS) is 9.94. The summed E-state index contributed by atoms with van der Waals surface area (Å²) >= 11 is 0. The van der Waals surface area contributed by atoms with Gasteiger partial charge in [0.05, 0.1) is 10.9 Å². The van der Waals surface area contributed by atoms with E-state index < -0.39 is 38.0 Å². The number of anilines is 1. The standard InChI is InChI=1S/C7H7NO6S.2Na/c8-3-1-2-4(15(12,13)14)6(9)5(3)7(10)11;;/h1-2,9H,8H2,(H,10,11)(H,12,13,14);;/q;2*+1/p-2. The zero-order valence-corrected chi connectivity index (χ0v) is 13.9. The maximum absolute atomic E-state index is 11.2. The summed E-state index contributed by atoms with van der Waals surface area (Å²) in [5, 5.41) is 21.7. The molecule has 0 saturated carbocycles. The van der Waals surface area contributed by atoms with Crippen LogP contribution in [0.3, 0.4) is 0 Å². The molecule has 1 aromatic carbocycles. The van der Waals surface area contributed by atoms with E-state index in [4.69, 9.17) is 10.3 Å². The smallest absolute Gasteiger partial charge is 0.871 e. The van der Waals surface area contributed by atoms with Crippen LogP contribution < -0.4 is 75.1 Å². The fraction of sp³-hybridized carbons (Fsp3) is 0. The van der Waals surface area contributed by atoms with Gasteiger partial charge in [-0.25, -0.2) is 0 Å². The zero-order valence-electron chi connectivity index (χ0n) is 9.13. The molecule has 0 aliphatic carbocycles. The fourth-order valence-corrected chi connectivity index (χ4v) is 1.57. The van der Waals surface area contributed by atoms with Crippen molar-refractivity contribution in [1.29, 1.82) is 0 Å². The Labute approximate surface area is 141 Å². The van der Waals surface area contributed by atoms with Gasteiger partial charge in [0.2, 0.25) is 0 Å². The minimum atomic E-state index is -4.77. The monoisotopic (exact) mass is 277 g/mol. The van der Waals surface area contributed by atoms with Crippen molar-refractivity contribution >= 4 is 21.8 Å². The molecule has 1 aromatic rings. The van der Waals surface area contributed by atoms with Gasteiger partial charge in [0.1, 0.15) is 0 Å². The Balaban J connectivity index is 0. The Morgan fingerprint density at radius 1 is 1.29 bits per heavy atom. The summed E-state index contributed by atoms with van der Waals surface area (Å²) in [5.74, 6) is -3.29. The third kappa shape index (κ3) is 4.42. The average Bonchev–Trinajstić information content (AvgIpc) is 2.00. The number of carboxylic acid groups (broad SMARTS) is 1. The maximum Gasteiger partial charge on any atom is 1.00 e. The molecule has 10 heteroatoms. The van der Waals surface area contributed by atoms with Crippen LogP contribution in [0.4, 0.5) is 5.69 Å². The number of carbonyl (C=O) groups excluding carboxylic acids is 1. The van der Waals surface area contributed by atoms with E-state index in [1.807, 2.05) is 0 Å². The van der Waals surface area contributed by atoms with Gasteiger partial charge in [-0.2, -0.15) is 8.42 Å². The molecular formula is C7H5NNa2O6S. The molecular weight excluding hydrogens is 272 g/mol. The fourth-order valence-electron chi connectivity index (χ4n) is 0.992. The van der Waals surface area contributed by atoms with Gasteiger partial charge in [0, 0.05) is 11.3 Å². The number of nitrogens with two attached hydrogens (primary N) is 1. The Hall–Kier alpha value is 0.200. The number of benzene rings is 1. The summed E-state index contributed by atoms with van der Waals surface area (Å²) in [6.07, 6.45) is 0. The number of aromatic carboxylic acids is 1. The first-order valence-electron chi connectivity index (χ1n) is 3.53. The molecule has 82 valence electrons. The summed E-state index contributed by atoms with van der Waals surface area (Å²) in [4.78, 5) is 9.41. The van der Waals surface area contributed by atoms with Crippen molar-refractivity contribution < 1.29 is 87.1 Å². The molecule has 17 heavy (non-hydrogen) atoms. The average molecular weight is 277 g/mol. The zero-order chi connectivity index (χ0) is 11.8. The molecule has 1 rings (SSSR count). The largest absolute Gasteiger partial charge is 1.00 e. The Morgan fingerprint density at radius 3 is 2.12 bits per heavy atom. The predicted molar refractivity (Wildman–Crippen MR) is 44.4 cm³/mol. The van der Waals surface area contributed by atoms with E-state index in [0.717, 1.165) is 12.1 Å². The number of carboxylic acids is 1. The molecule has 0 radical (unpaired) electrons. The van der Waals surface area contributed by atoms with E-state index in [0.29, 0.717) is 0 Å². The quantitative estimate of drug-likeness (QED) is 0.310. The molecule has 0 aromatic heterocycles. The van der Waals surface area contributed by atoms with Crippen LogP contribution >= 0.6 is 0 Å². The molecule has 0 unspecified atom stereocenters. The molecule has 0 bridgehead atoms. The van der Waals surface area contributed by atoms with Crippen molar-refractivity contribution in [1.82, 2.24) is 0 Å². The van der Waals surface area contributed by atoms with Gasteiger partial charge < -0.3 is 20.7 Å². The summed E-state index contributed by atoms with van der Waals surface area (Å²) in [5.41, 5.74) is 3.73. The van der Waals surface area contributed by atoms with Gasteiger partial charge in [0.15, 0.2) is 0 Å². The molecule has 0 spiro atoms. The summed E-state index contributed by atoms with van der Waals surface area (Å²) in [6.45, 7) is 0. The van der Waals surface area contributed by atoms with E-state index in [2.05, 4.69) is 0 Å². The maximum atomic E-state index is 11.2. The van der Waals surface area contributed by atoms with E-state index in [-0.39, 0.29) is 59.1 Å². The number of hydrogen-bond donors (Lipinski definition) is 2. The van der Waals surface area contributed by atoms with E-state index in [1.54, 1.807) is 0 Å². The second-order valence-corrected chi connectivity index (χ2v) is 4.01. The molecule has 3 N–H and O–H groups in total. The Kier molecular flexibility index (Phi) is 7.99. The third-order valence-electron chi connectivity index (χ3n) is 1.64. The van der Waals surface area contributed by atoms with Crippen molar-refractivity contribution in [2.24, 2.45) is 0 Å². The van der Waals surface area contributed by atoms with E-state index in [9.17, 15) is 23.4 Å². The number of hydrogen-bond acceptors (Lipinski definition) is 6. The summed E-state index contributed by atoms with van der Waals surface area (Å²) in [6, 6.07) is 1.61. The van der Waals surface area contributed by atoms with Crippen LogP contribution in [-0.4, -0.2) is 18.9 Å². The van der Waals surface area contributed by atoms with E-state index in [1.165, 1.54) is 0 Å². The second kappa shape index (κ2) is 6.95. The number of rotatable bonds is 2. The molecule has 0 heterocycles. The van der Waals surface area contributed by atoms with Crippen LogP contribution in [0.25, 0.3) is 0 Å². The van der Waals surface area contributed by atoms with Crippen LogP contribution in [0.5, 0.6) is 5.75 Å². The molecule has 0 atom stereocenters. The number of nitrogen functional groups attached to an aromatic ring is 1. The van der Waals surface area contributed by atoms with Crippen LogP contribution in [0.2, 0.25) is 0 Å². The minimum Gasteiger partial charge on any atom is -0.871 e. The van der Waals surface area contributed by atoms with E-state index >= 15 is 0 Å². The Morgan fingerprint density at radius 2 is 1.76 bits per heavy atom. The van der Waals surface area contributed by atoms with Gasteiger partial charge in [0.25, 0.3) is 10.1 Å². The first-order chi connectivity index (χ1) is 6.75. The molecule has 0 aliphatic heterocycles. The van der Waals surface area contributed by atoms with Gasteiger partial charge >= 0.3 is 59.1 Å². The summed E-state index contributed by atoms with van der Waals surface area (Å²) < 4.78 is 29.9. The summed E-state index contributed by atoms with van der Waals surface area (Å²) in [7, 11) is -4.77. The van der Waals surface area contributed by atoms with Crippen LogP contribution in [-0.2, 0) is 10.1 Å². The van der Waals surface area contributed by atoms with Crippen molar-refractivity contribution in [3.8, 4) is 5.75 Å². The van der Waals surface area contributed by atoms with Crippen molar-refractivity contribution in [2.75, 3.05) is 5.73 Å². The van der Waals surface area contributed by atoms with Crippen LogP contribution in [0.15, 0.2) is 17.0 Å². The minimum absolute atomic E-state index is 0. The molecule has 7 nitrogen and oxygen atoms in total. The molecule has 0 fully saturated rings. The van der Waals surface area contributed by atoms with Crippen LogP contribution in [0.1, 0.15) is 10.4 Å². The van der Waals surface area contributed by atoms with Crippen molar-refractivity contribution in [3.63, 3.8) is 0 Å². The first-order valence-corrected chi connectivity index (χ1v) is 4.97. The van der Waals surface area contributed by atoms with Gasteiger partial charge in [-0.05, 0) is 12.1 Å². The van der Waals surface area contributed by atoms with Gasteiger partial charge in [-0.15, -0.1) is 0 Å². The first kappa shape index (κ1) is 19.5. The third-order valence-corrected chi connectivity index (χ3v) is 2.51. The predicted octanol–water partition coefficient (Wildman–Crippen LogP) is -8.04. The van der Waals surface area contributed by atoms with Crippen LogP contribution in [0, 0.1) is 0 Å². The van der Waals surface area contributed by atoms with Gasteiger partial charge in [-0.1, -0.05) is 5.75 Å². The Bertz CT molecular complexity index is 529. The number of carbonyl (C=O) groups is 1.